The summed E-state index contributed by atoms with van der Waals surface area (Å²) in [7, 11) is 3.61. The Morgan fingerprint density at radius 3 is 2.76 bits per heavy atom. The minimum atomic E-state index is -0.131. The molecular weight excluding hydrogens is 511 g/mol. The molecule has 0 atom stereocenters. The highest BCUT2D eigenvalue weighted by Crippen LogP contribution is 2.44. The first-order valence-corrected chi connectivity index (χ1v) is 12.6. The number of rotatable bonds is 4. The van der Waals surface area contributed by atoms with Crippen molar-refractivity contribution in [1.82, 2.24) is 9.47 Å². The molecule has 37 heavy (non-hydrogen) atoms. The number of carbonyl (C=O) groups is 1. The predicted octanol–water partition coefficient (Wildman–Crippen LogP) is 6.77. The summed E-state index contributed by atoms with van der Waals surface area (Å²) in [5, 5.41) is 2.18. The van der Waals surface area contributed by atoms with Crippen molar-refractivity contribution in [2.24, 2.45) is 7.05 Å². The highest BCUT2D eigenvalue weighted by Gasteiger charge is 2.35. The second-order valence-electron chi connectivity index (χ2n) is 9.39. The lowest BCUT2D eigenvalue weighted by Gasteiger charge is -2.30. The van der Waals surface area contributed by atoms with Crippen LogP contribution in [0.2, 0.25) is 10.0 Å². The molecule has 2 aliphatic rings. The van der Waals surface area contributed by atoms with Gasteiger partial charge in [-0.15, -0.1) is 0 Å². The molecule has 3 aromatic carbocycles. The molecule has 2 aliphatic heterocycles. The molecule has 4 aromatic rings. The molecule has 0 amide bonds. The van der Waals surface area contributed by atoms with Gasteiger partial charge in [0.1, 0.15) is 24.0 Å². The molecule has 0 spiro atoms. The quantitative estimate of drug-likeness (QED) is 0.270. The molecule has 8 heteroatoms. The Morgan fingerprint density at radius 1 is 1.14 bits per heavy atom. The van der Waals surface area contributed by atoms with Gasteiger partial charge in [-0.05, 0) is 60.5 Å². The van der Waals surface area contributed by atoms with Crippen LogP contribution >= 0.6 is 23.2 Å². The Morgan fingerprint density at radius 2 is 1.97 bits per heavy atom. The van der Waals surface area contributed by atoms with Gasteiger partial charge in [0.25, 0.3) is 0 Å². The molecule has 0 radical (unpaired) electrons. The number of hydrogen-bond donors (Lipinski definition) is 0. The van der Waals surface area contributed by atoms with Crippen LogP contribution in [0.3, 0.4) is 0 Å². The van der Waals surface area contributed by atoms with Crippen LogP contribution in [0.25, 0.3) is 17.0 Å². The van der Waals surface area contributed by atoms with Gasteiger partial charge < -0.3 is 18.8 Å². The van der Waals surface area contributed by atoms with Gasteiger partial charge in [0.2, 0.25) is 5.78 Å². The second-order valence-corrected chi connectivity index (χ2v) is 10.2. The number of ether oxygens (including phenoxy) is 3. The first-order valence-electron chi connectivity index (χ1n) is 11.8. The lowest BCUT2D eigenvalue weighted by molar-refractivity contribution is 0.0872. The molecule has 6 rings (SSSR count). The third-order valence-corrected chi connectivity index (χ3v) is 7.50. The average molecular weight is 535 g/mol. The fraction of sp³-hybridized carbons (Fsp3) is 0.207. The standard InChI is InChI=1S/C29H24Cl2N2O4/c1-16-8-25-22(14-33(15-36-25)13-17-4-5-19(30)10-23(17)31)29-27(16)28(34)26(37-29)9-18-12-32(2)24-7-6-20(35-3)11-21(18)24/h4-12H,13-15H2,1-3H3/b26-9-. The fourth-order valence-electron chi connectivity index (χ4n) is 5.05. The second kappa shape index (κ2) is 9.14. The molecule has 0 saturated heterocycles. The van der Waals surface area contributed by atoms with Crippen LogP contribution in [0.1, 0.15) is 32.6 Å². The number of benzene rings is 3. The number of carbonyl (C=O) groups excluding carboxylic acids is 1. The van der Waals surface area contributed by atoms with Crippen molar-refractivity contribution in [2.45, 2.75) is 20.0 Å². The van der Waals surface area contributed by atoms with Crippen LogP contribution in [0.15, 0.2) is 54.4 Å². The van der Waals surface area contributed by atoms with Crippen molar-refractivity contribution in [3.63, 3.8) is 0 Å². The first kappa shape index (κ1) is 23.9. The first-order chi connectivity index (χ1) is 17.8. The van der Waals surface area contributed by atoms with Crippen LogP contribution in [0.5, 0.6) is 17.2 Å². The monoisotopic (exact) mass is 534 g/mol. The number of Topliss-reactive ketones (excluding diaryl/α,β-unsaturated/α-hetero) is 1. The van der Waals surface area contributed by atoms with E-state index in [9.17, 15) is 4.79 Å². The van der Waals surface area contributed by atoms with Crippen molar-refractivity contribution >= 4 is 46.0 Å². The van der Waals surface area contributed by atoms with E-state index in [4.69, 9.17) is 37.4 Å². The lowest BCUT2D eigenvalue weighted by Crippen LogP contribution is -2.32. The van der Waals surface area contributed by atoms with Crippen molar-refractivity contribution in [3.05, 3.63) is 92.3 Å². The summed E-state index contributed by atoms with van der Waals surface area (Å²) in [6.07, 6.45) is 3.80. The molecule has 3 heterocycles. The van der Waals surface area contributed by atoms with E-state index in [1.165, 1.54) is 0 Å². The van der Waals surface area contributed by atoms with Crippen LogP contribution in [0.4, 0.5) is 0 Å². The number of fused-ring (bicyclic) bond motifs is 4. The highest BCUT2D eigenvalue weighted by molar-refractivity contribution is 6.35. The molecule has 0 unspecified atom stereocenters. The van der Waals surface area contributed by atoms with E-state index in [0.29, 0.717) is 46.9 Å². The summed E-state index contributed by atoms with van der Waals surface area (Å²) in [4.78, 5) is 15.6. The van der Waals surface area contributed by atoms with Crippen LogP contribution in [-0.2, 0) is 20.1 Å². The Bertz CT molecular complexity index is 1620. The fourth-order valence-corrected chi connectivity index (χ4v) is 5.52. The van der Waals surface area contributed by atoms with Gasteiger partial charge in [-0.2, -0.15) is 0 Å². The van der Waals surface area contributed by atoms with E-state index in [2.05, 4.69) is 4.90 Å². The van der Waals surface area contributed by atoms with Crippen LogP contribution in [-0.4, -0.2) is 29.1 Å². The Kier molecular flexibility index (Phi) is 5.91. The number of methoxy groups -OCH3 is 1. The van der Waals surface area contributed by atoms with Gasteiger partial charge in [0.05, 0.1) is 18.2 Å². The van der Waals surface area contributed by atoms with Crippen LogP contribution < -0.4 is 14.2 Å². The molecule has 0 saturated carbocycles. The minimum Gasteiger partial charge on any atom is -0.497 e. The summed E-state index contributed by atoms with van der Waals surface area (Å²) in [6.45, 7) is 3.45. The average Bonchev–Trinajstić information content (AvgIpc) is 3.38. The Labute approximate surface area is 224 Å². The van der Waals surface area contributed by atoms with Gasteiger partial charge in [-0.3, -0.25) is 9.69 Å². The van der Waals surface area contributed by atoms with Gasteiger partial charge in [-0.25, -0.2) is 0 Å². The van der Waals surface area contributed by atoms with Gasteiger partial charge >= 0.3 is 0 Å². The zero-order valence-electron chi connectivity index (χ0n) is 20.6. The molecule has 188 valence electrons. The van der Waals surface area contributed by atoms with Crippen molar-refractivity contribution in [1.29, 1.82) is 0 Å². The topological polar surface area (TPSA) is 52.9 Å². The summed E-state index contributed by atoms with van der Waals surface area (Å²) in [6, 6.07) is 13.3. The van der Waals surface area contributed by atoms with E-state index in [-0.39, 0.29) is 5.78 Å². The molecular formula is C29H24Cl2N2O4. The van der Waals surface area contributed by atoms with Gasteiger partial charge in [-0.1, -0.05) is 29.3 Å². The zero-order chi connectivity index (χ0) is 25.8. The molecule has 6 nitrogen and oxygen atoms in total. The number of allylic oxidation sites excluding steroid dienone is 1. The zero-order valence-corrected chi connectivity index (χ0v) is 22.1. The Hall–Kier alpha value is -3.45. The summed E-state index contributed by atoms with van der Waals surface area (Å²) >= 11 is 12.5. The van der Waals surface area contributed by atoms with E-state index in [1.807, 2.05) is 67.2 Å². The summed E-state index contributed by atoms with van der Waals surface area (Å²) in [5.74, 6) is 2.21. The molecule has 0 bridgehead atoms. The largest absolute Gasteiger partial charge is 0.497 e. The number of halogens is 2. The highest BCUT2D eigenvalue weighted by atomic mass is 35.5. The maximum absolute atomic E-state index is 13.5. The number of aryl methyl sites for hydroxylation is 2. The number of aromatic nitrogens is 1. The summed E-state index contributed by atoms with van der Waals surface area (Å²) < 4.78 is 19.8. The maximum Gasteiger partial charge on any atom is 0.232 e. The Balaban J connectivity index is 1.35. The van der Waals surface area contributed by atoms with E-state index >= 15 is 0 Å². The SMILES string of the molecule is COc1ccc2c(c1)c(/C=C1\Oc3c4c(cc(C)c3C1=O)OCN(Cc1ccc(Cl)cc1Cl)C4)cn2C. The van der Waals surface area contributed by atoms with Crippen LogP contribution in [0, 0.1) is 6.92 Å². The lowest BCUT2D eigenvalue weighted by atomic mass is 9.98. The summed E-state index contributed by atoms with van der Waals surface area (Å²) in [5.41, 5.74) is 5.14. The number of nitrogens with zero attached hydrogens (tertiary/aromatic N) is 2. The smallest absolute Gasteiger partial charge is 0.232 e. The van der Waals surface area contributed by atoms with Gasteiger partial charge in [0.15, 0.2) is 5.76 Å². The maximum atomic E-state index is 13.5. The van der Waals surface area contributed by atoms with E-state index < -0.39 is 0 Å². The van der Waals surface area contributed by atoms with Crippen molar-refractivity contribution < 1.29 is 19.0 Å². The molecule has 0 fully saturated rings. The van der Waals surface area contributed by atoms with E-state index in [1.54, 1.807) is 13.2 Å². The molecule has 0 N–H and O–H groups in total. The van der Waals surface area contributed by atoms with Crippen molar-refractivity contribution in [2.75, 3.05) is 13.8 Å². The third-order valence-electron chi connectivity index (χ3n) is 6.91. The third kappa shape index (κ3) is 4.15. The van der Waals surface area contributed by atoms with Crippen molar-refractivity contribution in [3.8, 4) is 17.2 Å². The van der Waals surface area contributed by atoms with E-state index in [0.717, 1.165) is 44.7 Å². The minimum absolute atomic E-state index is 0.131. The molecule has 0 aliphatic carbocycles. The predicted molar refractivity (Wildman–Crippen MR) is 145 cm³/mol. The number of hydrogen-bond acceptors (Lipinski definition) is 5. The molecule has 1 aromatic heterocycles. The number of ketones is 1. The van der Waals surface area contributed by atoms with Gasteiger partial charge in [0, 0.05) is 52.8 Å². The normalized spacial score (nSPS) is 16.0.